The highest BCUT2D eigenvalue weighted by Crippen LogP contribution is 2.42. The molecule has 1 amide bonds. The lowest BCUT2D eigenvalue weighted by Gasteiger charge is -2.20. The third-order valence-electron chi connectivity index (χ3n) is 4.67. The molecular formula is C17H24N2O. The summed E-state index contributed by atoms with van der Waals surface area (Å²) in [6.45, 7) is 3.92. The number of hydrogen-bond donors (Lipinski definition) is 1. The van der Waals surface area contributed by atoms with Crippen LogP contribution in [0.5, 0.6) is 0 Å². The lowest BCUT2D eigenvalue weighted by atomic mass is 9.96. The molecule has 0 aromatic heterocycles. The lowest BCUT2D eigenvalue weighted by Crippen LogP contribution is -2.33. The van der Waals surface area contributed by atoms with Crippen molar-refractivity contribution >= 4 is 5.91 Å². The highest BCUT2D eigenvalue weighted by molar-refractivity contribution is 5.79. The van der Waals surface area contributed by atoms with Gasteiger partial charge in [0.1, 0.15) is 0 Å². The Balaban J connectivity index is 1.66. The average Bonchev–Trinajstić information content (AvgIpc) is 2.99. The molecule has 3 rings (SSSR count). The van der Waals surface area contributed by atoms with Crippen LogP contribution in [-0.2, 0) is 16.8 Å². The van der Waals surface area contributed by atoms with Gasteiger partial charge < -0.3 is 10.6 Å². The molecule has 0 spiro atoms. The first-order valence-corrected chi connectivity index (χ1v) is 7.76. The van der Waals surface area contributed by atoms with Crippen molar-refractivity contribution in [3.05, 3.63) is 35.4 Å². The molecule has 0 radical (unpaired) electrons. The fourth-order valence-corrected chi connectivity index (χ4v) is 3.12. The second-order valence-corrected chi connectivity index (χ2v) is 6.49. The van der Waals surface area contributed by atoms with Gasteiger partial charge >= 0.3 is 0 Å². The summed E-state index contributed by atoms with van der Waals surface area (Å²) in [4.78, 5) is 14.4. The van der Waals surface area contributed by atoms with Gasteiger partial charge in [-0.3, -0.25) is 4.79 Å². The molecule has 1 saturated heterocycles. The van der Waals surface area contributed by atoms with Crippen molar-refractivity contribution in [2.45, 2.75) is 44.6 Å². The van der Waals surface area contributed by atoms with E-state index >= 15 is 0 Å². The standard InChI is InChI=1S/C17H24N2O/c1-13(16(20)19-9-2-3-10-19)11-14-5-4-6-15(12-14)17(18)7-8-17/h4-6,12-13H,2-3,7-11,18H2,1H3. The van der Waals surface area contributed by atoms with Gasteiger partial charge in [-0.05, 0) is 43.2 Å². The number of amides is 1. The van der Waals surface area contributed by atoms with Gasteiger partial charge in [0, 0.05) is 24.5 Å². The minimum absolute atomic E-state index is 0.0660. The second kappa shape index (κ2) is 5.21. The fourth-order valence-electron chi connectivity index (χ4n) is 3.12. The first kappa shape index (κ1) is 13.6. The highest BCUT2D eigenvalue weighted by atomic mass is 16.2. The van der Waals surface area contributed by atoms with Crippen molar-refractivity contribution in [2.24, 2.45) is 11.7 Å². The number of rotatable bonds is 4. The Kier molecular flexibility index (Phi) is 3.55. The summed E-state index contributed by atoms with van der Waals surface area (Å²) in [6, 6.07) is 8.50. The van der Waals surface area contributed by atoms with Crippen molar-refractivity contribution in [1.29, 1.82) is 0 Å². The molecule has 0 bridgehead atoms. The Morgan fingerprint density at radius 3 is 2.70 bits per heavy atom. The van der Waals surface area contributed by atoms with Crippen molar-refractivity contribution in [3.63, 3.8) is 0 Å². The maximum atomic E-state index is 12.3. The quantitative estimate of drug-likeness (QED) is 0.915. The van der Waals surface area contributed by atoms with Crippen molar-refractivity contribution in [1.82, 2.24) is 4.90 Å². The van der Waals surface area contributed by atoms with E-state index in [4.69, 9.17) is 5.73 Å². The third kappa shape index (κ3) is 2.73. The molecule has 3 nitrogen and oxygen atoms in total. The van der Waals surface area contributed by atoms with E-state index in [-0.39, 0.29) is 11.5 Å². The molecule has 2 aliphatic rings. The maximum absolute atomic E-state index is 12.3. The van der Waals surface area contributed by atoms with Crippen LogP contribution in [0.4, 0.5) is 0 Å². The molecule has 20 heavy (non-hydrogen) atoms. The van der Waals surface area contributed by atoms with Gasteiger partial charge in [-0.25, -0.2) is 0 Å². The van der Waals surface area contributed by atoms with Gasteiger partial charge in [-0.2, -0.15) is 0 Å². The van der Waals surface area contributed by atoms with Crippen LogP contribution >= 0.6 is 0 Å². The molecule has 1 atom stereocenters. The molecule has 1 aliphatic carbocycles. The summed E-state index contributed by atoms with van der Waals surface area (Å²) in [5.74, 6) is 0.373. The Morgan fingerprint density at radius 2 is 2.05 bits per heavy atom. The van der Waals surface area contributed by atoms with Crippen LogP contribution in [0, 0.1) is 5.92 Å². The van der Waals surface area contributed by atoms with Crippen molar-refractivity contribution in [2.75, 3.05) is 13.1 Å². The first-order chi connectivity index (χ1) is 9.58. The normalized spacial score (nSPS) is 21.8. The largest absolute Gasteiger partial charge is 0.342 e. The Morgan fingerprint density at radius 1 is 1.35 bits per heavy atom. The van der Waals surface area contributed by atoms with Crippen molar-refractivity contribution in [3.8, 4) is 0 Å². The van der Waals surface area contributed by atoms with E-state index in [1.54, 1.807) is 0 Å². The minimum Gasteiger partial charge on any atom is -0.342 e. The number of benzene rings is 1. The topological polar surface area (TPSA) is 46.3 Å². The van der Waals surface area contributed by atoms with E-state index < -0.39 is 0 Å². The predicted molar refractivity (Wildman–Crippen MR) is 80.2 cm³/mol. The minimum atomic E-state index is -0.0851. The number of likely N-dealkylation sites (tertiary alicyclic amines) is 1. The second-order valence-electron chi connectivity index (χ2n) is 6.49. The van der Waals surface area contributed by atoms with Crippen LogP contribution in [0.1, 0.15) is 43.7 Å². The number of nitrogens with two attached hydrogens (primary N) is 1. The third-order valence-corrected chi connectivity index (χ3v) is 4.67. The van der Waals surface area contributed by atoms with E-state index in [1.807, 2.05) is 11.8 Å². The fraction of sp³-hybridized carbons (Fsp3) is 0.588. The van der Waals surface area contributed by atoms with E-state index in [0.29, 0.717) is 5.91 Å². The van der Waals surface area contributed by atoms with Crippen LogP contribution in [0.15, 0.2) is 24.3 Å². The molecule has 108 valence electrons. The maximum Gasteiger partial charge on any atom is 0.225 e. The summed E-state index contributed by atoms with van der Waals surface area (Å²) >= 11 is 0. The SMILES string of the molecule is CC(Cc1cccc(C2(N)CC2)c1)C(=O)N1CCCC1. The lowest BCUT2D eigenvalue weighted by molar-refractivity contribution is -0.133. The molecule has 1 aromatic carbocycles. The molecule has 1 heterocycles. The van der Waals surface area contributed by atoms with Crippen LogP contribution < -0.4 is 5.73 Å². The zero-order chi connectivity index (χ0) is 14.2. The molecular weight excluding hydrogens is 248 g/mol. The van der Waals surface area contributed by atoms with Crippen LogP contribution in [0.2, 0.25) is 0 Å². The molecule has 1 unspecified atom stereocenters. The number of carbonyl (C=O) groups excluding carboxylic acids is 1. The van der Waals surface area contributed by atoms with Crippen molar-refractivity contribution < 1.29 is 4.79 Å². The average molecular weight is 272 g/mol. The summed E-state index contributed by atoms with van der Waals surface area (Å²) in [5, 5.41) is 0. The Bertz CT molecular complexity index is 501. The Labute approximate surface area is 121 Å². The van der Waals surface area contributed by atoms with Crippen LogP contribution in [0.3, 0.4) is 0 Å². The zero-order valence-electron chi connectivity index (χ0n) is 12.3. The molecule has 2 fully saturated rings. The molecule has 3 heteroatoms. The van der Waals surface area contributed by atoms with Gasteiger partial charge in [0.05, 0.1) is 0 Å². The van der Waals surface area contributed by atoms with Gasteiger partial charge in [-0.15, -0.1) is 0 Å². The van der Waals surface area contributed by atoms with Gasteiger partial charge in [0.15, 0.2) is 0 Å². The van der Waals surface area contributed by atoms with E-state index in [9.17, 15) is 4.79 Å². The zero-order valence-corrected chi connectivity index (χ0v) is 12.3. The smallest absolute Gasteiger partial charge is 0.225 e. The summed E-state index contributed by atoms with van der Waals surface area (Å²) in [6.07, 6.45) is 5.30. The van der Waals surface area contributed by atoms with Gasteiger partial charge in [-0.1, -0.05) is 31.2 Å². The van der Waals surface area contributed by atoms with Gasteiger partial charge in [0.2, 0.25) is 5.91 Å². The van der Waals surface area contributed by atoms with Crippen LogP contribution in [-0.4, -0.2) is 23.9 Å². The Hall–Kier alpha value is -1.35. The summed E-state index contributed by atoms with van der Waals surface area (Å²) < 4.78 is 0. The van der Waals surface area contributed by atoms with Gasteiger partial charge in [0.25, 0.3) is 0 Å². The van der Waals surface area contributed by atoms with E-state index in [0.717, 1.165) is 45.2 Å². The molecule has 1 saturated carbocycles. The number of carbonyl (C=O) groups is 1. The number of nitrogens with zero attached hydrogens (tertiary/aromatic N) is 1. The van der Waals surface area contributed by atoms with Crippen LogP contribution in [0.25, 0.3) is 0 Å². The summed E-state index contributed by atoms with van der Waals surface area (Å²) in [7, 11) is 0. The predicted octanol–water partition coefficient (Wildman–Crippen LogP) is 2.44. The number of hydrogen-bond acceptors (Lipinski definition) is 2. The van der Waals surface area contributed by atoms with E-state index in [2.05, 4.69) is 24.3 Å². The molecule has 2 N–H and O–H groups in total. The summed E-state index contributed by atoms with van der Waals surface area (Å²) in [5.41, 5.74) is 8.63. The van der Waals surface area contributed by atoms with E-state index in [1.165, 1.54) is 11.1 Å². The first-order valence-electron chi connectivity index (χ1n) is 7.76. The highest BCUT2D eigenvalue weighted by Gasteiger charge is 2.39. The monoisotopic (exact) mass is 272 g/mol. The molecule has 1 aromatic rings. The molecule has 1 aliphatic heterocycles.